The van der Waals surface area contributed by atoms with Crippen molar-refractivity contribution in [1.29, 1.82) is 0 Å². The first-order valence-corrected chi connectivity index (χ1v) is 12.5. The van der Waals surface area contributed by atoms with Crippen LogP contribution in [0.3, 0.4) is 0 Å². The van der Waals surface area contributed by atoms with Crippen molar-refractivity contribution >= 4 is 11.7 Å². The predicted octanol–water partition coefficient (Wildman–Crippen LogP) is 4.78. The van der Waals surface area contributed by atoms with E-state index in [0.29, 0.717) is 52.2 Å². The highest BCUT2D eigenvalue weighted by molar-refractivity contribution is 6.02. The van der Waals surface area contributed by atoms with Gasteiger partial charge >= 0.3 is 0 Å². The number of morpholine rings is 1. The molecule has 2 heterocycles. The number of Topliss-reactive ketones (excluding diaryl/α,β-unsaturated/α-hetero) is 1. The van der Waals surface area contributed by atoms with E-state index < -0.39 is 0 Å². The zero-order valence-corrected chi connectivity index (χ0v) is 20.9. The summed E-state index contributed by atoms with van der Waals surface area (Å²) in [6, 6.07) is 16.2. The predicted molar refractivity (Wildman–Crippen MR) is 134 cm³/mol. The first-order chi connectivity index (χ1) is 16.8. The van der Waals surface area contributed by atoms with E-state index in [4.69, 9.17) is 9.47 Å². The Morgan fingerprint density at radius 3 is 2.49 bits per heavy atom. The summed E-state index contributed by atoms with van der Waals surface area (Å²) in [5.41, 5.74) is 4.84. The number of nitrogens with zero attached hydrogens (tertiary/aromatic N) is 2. The van der Waals surface area contributed by atoms with Crippen LogP contribution in [0.4, 0.5) is 0 Å². The van der Waals surface area contributed by atoms with Crippen LogP contribution in [0.25, 0.3) is 0 Å². The molecule has 6 nitrogen and oxygen atoms in total. The van der Waals surface area contributed by atoms with Crippen molar-refractivity contribution in [3.63, 3.8) is 0 Å². The van der Waals surface area contributed by atoms with Gasteiger partial charge in [0, 0.05) is 43.1 Å². The molecule has 0 spiro atoms. The van der Waals surface area contributed by atoms with Crippen LogP contribution in [0.5, 0.6) is 5.75 Å². The number of hydrogen-bond acceptors (Lipinski definition) is 5. The maximum absolute atomic E-state index is 13.5. The third kappa shape index (κ3) is 5.04. The number of rotatable bonds is 5. The molecule has 0 N–H and O–H groups in total. The molecular formula is C29H34N2O4. The van der Waals surface area contributed by atoms with Gasteiger partial charge in [-0.2, -0.15) is 0 Å². The van der Waals surface area contributed by atoms with Crippen molar-refractivity contribution in [3.8, 4) is 5.75 Å². The fourth-order valence-corrected chi connectivity index (χ4v) is 5.53. The smallest absolute Gasteiger partial charge is 0.242 e. The quantitative estimate of drug-likeness (QED) is 0.624. The van der Waals surface area contributed by atoms with Gasteiger partial charge in [-0.1, -0.05) is 55.8 Å². The molecule has 1 unspecified atom stereocenters. The molecule has 1 aliphatic carbocycles. The average molecular weight is 475 g/mol. The average Bonchev–Trinajstić information content (AvgIpc) is 2.82. The number of hydrazine groups is 1. The van der Waals surface area contributed by atoms with E-state index in [1.54, 1.807) is 0 Å². The van der Waals surface area contributed by atoms with Gasteiger partial charge in [-0.05, 0) is 42.0 Å². The zero-order valence-electron chi connectivity index (χ0n) is 20.9. The van der Waals surface area contributed by atoms with Crippen molar-refractivity contribution in [2.75, 3.05) is 26.3 Å². The summed E-state index contributed by atoms with van der Waals surface area (Å²) in [6.07, 6.45) is 1.52. The largest absolute Gasteiger partial charge is 0.489 e. The number of benzene rings is 2. The first kappa shape index (κ1) is 23.8. The van der Waals surface area contributed by atoms with Crippen LogP contribution in [0.2, 0.25) is 0 Å². The monoisotopic (exact) mass is 474 g/mol. The van der Waals surface area contributed by atoms with Gasteiger partial charge < -0.3 is 9.47 Å². The Kier molecular flexibility index (Phi) is 6.51. The van der Waals surface area contributed by atoms with Gasteiger partial charge in [0.25, 0.3) is 0 Å². The number of hydrogen-bond donors (Lipinski definition) is 0. The second kappa shape index (κ2) is 9.59. The highest BCUT2D eigenvalue weighted by Crippen LogP contribution is 2.47. The summed E-state index contributed by atoms with van der Waals surface area (Å²) in [6.45, 7) is 9.31. The lowest BCUT2D eigenvalue weighted by atomic mass is 9.69. The zero-order chi connectivity index (χ0) is 24.6. The Labute approximate surface area is 207 Å². The molecule has 2 aliphatic heterocycles. The lowest BCUT2D eigenvalue weighted by Gasteiger charge is -2.47. The third-order valence-corrected chi connectivity index (χ3v) is 7.16. The molecule has 0 aromatic heterocycles. The minimum absolute atomic E-state index is 0.0564. The summed E-state index contributed by atoms with van der Waals surface area (Å²) in [5.74, 6) is 0.773. The summed E-state index contributed by atoms with van der Waals surface area (Å²) in [7, 11) is 0. The van der Waals surface area contributed by atoms with Crippen LogP contribution < -0.4 is 4.74 Å². The van der Waals surface area contributed by atoms with E-state index >= 15 is 0 Å². The molecule has 1 amide bonds. The standard InChI is InChI=1S/C29H34N2O4/c1-20-5-4-6-21(15-20)19-35-23-9-7-22(8-10-23)24-16-27(33)31(30-11-13-34-14-12-30)25-17-29(2,3)18-26(32)28(24)25/h4-10,15,24H,11-14,16-19H2,1-3H3. The van der Waals surface area contributed by atoms with Gasteiger partial charge in [0.05, 0.1) is 13.2 Å². The molecule has 3 aliphatic rings. The van der Waals surface area contributed by atoms with Gasteiger partial charge in [-0.25, -0.2) is 10.0 Å². The molecule has 5 rings (SSSR count). The Morgan fingerprint density at radius 1 is 1.03 bits per heavy atom. The second-order valence-electron chi connectivity index (χ2n) is 10.7. The van der Waals surface area contributed by atoms with E-state index in [9.17, 15) is 9.59 Å². The fourth-order valence-electron chi connectivity index (χ4n) is 5.53. The Bertz CT molecular complexity index is 1150. The highest BCUT2D eigenvalue weighted by atomic mass is 16.5. The Morgan fingerprint density at radius 2 is 1.77 bits per heavy atom. The van der Waals surface area contributed by atoms with E-state index in [1.807, 2.05) is 35.3 Å². The second-order valence-corrected chi connectivity index (χ2v) is 10.7. The molecule has 6 heteroatoms. The van der Waals surface area contributed by atoms with Crippen LogP contribution >= 0.6 is 0 Å². The Balaban J connectivity index is 1.42. The van der Waals surface area contributed by atoms with Gasteiger partial charge in [0.2, 0.25) is 5.91 Å². The fraction of sp³-hybridized carbons (Fsp3) is 0.448. The molecule has 184 valence electrons. The van der Waals surface area contributed by atoms with Crippen molar-refractivity contribution in [1.82, 2.24) is 10.0 Å². The normalized spacial score (nSPS) is 22.8. The molecule has 1 saturated heterocycles. The van der Waals surface area contributed by atoms with Crippen molar-refractivity contribution in [2.45, 2.75) is 52.6 Å². The number of carbonyl (C=O) groups is 2. The summed E-state index contributed by atoms with van der Waals surface area (Å²) in [4.78, 5) is 26.9. The molecule has 2 aromatic carbocycles. The van der Waals surface area contributed by atoms with Crippen LogP contribution in [-0.4, -0.2) is 48.0 Å². The van der Waals surface area contributed by atoms with E-state index in [2.05, 4.69) is 44.0 Å². The number of carbonyl (C=O) groups excluding carboxylic acids is 2. The maximum atomic E-state index is 13.5. The van der Waals surface area contributed by atoms with E-state index in [-0.39, 0.29) is 23.0 Å². The molecule has 2 aromatic rings. The highest BCUT2D eigenvalue weighted by Gasteiger charge is 2.45. The number of amides is 1. The number of ketones is 1. The SMILES string of the molecule is Cc1cccc(COc2ccc(C3CC(=O)N(N4CCOCC4)C4=C3C(=O)CC(C)(C)C4)cc2)c1. The maximum Gasteiger partial charge on any atom is 0.242 e. The lowest BCUT2D eigenvalue weighted by Crippen LogP contribution is -2.55. The summed E-state index contributed by atoms with van der Waals surface area (Å²) < 4.78 is 11.5. The van der Waals surface area contributed by atoms with Crippen molar-refractivity contribution < 1.29 is 19.1 Å². The van der Waals surface area contributed by atoms with Crippen LogP contribution in [-0.2, 0) is 20.9 Å². The summed E-state index contributed by atoms with van der Waals surface area (Å²) >= 11 is 0. The van der Waals surface area contributed by atoms with Crippen molar-refractivity contribution in [2.24, 2.45) is 5.41 Å². The molecule has 1 fully saturated rings. The van der Waals surface area contributed by atoms with Crippen molar-refractivity contribution in [3.05, 3.63) is 76.5 Å². The molecule has 0 radical (unpaired) electrons. The molecule has 0 bridgehead atoms. The molecule has 0 saturated carbocycles. The van der Waals surface area contributed by atoms with Gasteiger partial charge in [0.15, 0.2) is 5.78 Å². The van der Waals surface area contributed by atoms with Crippen LogP contribution in [0.1, 0.15) is 55.7 Å². The van der Waals surface area contributed by atoms with Gasteiger partial charge in [-0.3, -0.25) is 9.59 Å². The Hall–Kier alpha value is -2.96. The molecule has 35 heavy (non-hydrogen) atoms. The topological polar surface area (TPSA) is 59.1 Å². The summed E-state index contributed by atoms with van der Waals surface area (Å²) in [5, 5.41) is 3.88. The minimum atomic E-state index is -0.218. The number of allylic oxidation sites excluding steroid dienone is 2. The number of ether oxygens (including phenoxy) is 2. The lowest BCUT2D eigenvalue weighted by molar-refractivity contribution is -0.154. The van der Waals surface area contributed by atoms with Crippen LogP contribution in [0.15, 0.2) is 59.8 Å². The molecular weight excluding hydrogens is 440 g/mol. The van der Waals surface area contributed by atoms with E-state index in [1.165, 1.54) is 5.56 Å². The van der Waals surface area contributed by atoms with Crippen LogP contribution in [0, 0.1) is 12.3 Å². The number of aryl methyl sites for hydroxylation is 1. The third-order valence-electron chi connectivity index (χ3n) is 7.16. The first-order valence-electron chi connectivity index (χ1n) is 12.5. The van der Waals surface area contributed by atoms with Gasteiger partial charge in [0.1, 0.15) is 12.4 Å². The minimum Gasteiger partial charge on any atom is -0.489 e. The van der Waals surface area contributed by atoms with Gasteiger partial charge in [-0.15, -0.1) is 0 Å². The van der Waals surface area contributed by atoms with E-state index in [0.717, 1.165) is 28.1 Å². The molecule has 1 atom stereocenters.